The summed E-state index contributed by atoms with van der Waals surface area (Å²) >= 11 is 0. The van der Waals surface area contributed by atoms with E-state index < -0.39 is 5.91 Å². The molecule has 0 bridgehead atoms. The number of hydroxylamine groups is 1. The van der Waals surface area contributed by atoms with E-state index in [0.717, 1.165) is 19.2 Å². The number of nitrogens with one attached hydrogen (secondary N) is 3. The Morgan fingerprint density at radius 2 is 1.93 bits per heavy atom. The molecule has 1 aliphatic heterocycles. The van der Waals surface area contributed by atoms with Crippen LogP contribution in [0.4, 0.5) is 11.5 Å². The van der Waals surface area contributed by atoms with Crippen LogP contribution >= 0.6 is 0 Å². The maximum absolute atomic E-state index is 12.5. The Balaban J connectivity index is 1.61. The molecule has 6 N–H and O–H groups in total. The van der Waals surface area contributed by atoms with E-state index in [9.17, 15) is 20.1 Å². The van der Waals surface area contributed by atoms with Gasteiger partial charge in [-0.3, -0.25) is 14.5 Å². The minimum Gasteiger partial charge on any atom is -0.508 e. The summed E-state index contributed by atoms with van der Waals surface area (Å²) in [5.41, 5.74) is 2.94. The highest BCUT2D eigenvalue weighted by Crippen LogP contribution is 2.32. The van der Waals surface area contributed by atoms with Gasteiger partial charge < -0.3 is 26.0 Å². The smallest absolute Gasteiger partial charge is 0.259 e. The summed E-state index contributed by atoms with van der Waals surface area (Å²) in [7, 11) is 0. The molecule has 1 aliphatic rings. The minimum absolute atomic E-state index is 0.00974. The van der Waals surface area contributed by atoms with Gasteiger partial charge in [0.25, 0.3) is 5.91 Å². The third-order valence-electron chi connectivity index (χ3n) is 4.25. The number of aromatic nitrogens is 1. The van der Waals surface area contributed by atoms with Crippen LogP contribution in [0, 0.1) is 0 Å². The molecule has 1 aromatic carbocycles. The van der Waals surface area contributed by atoms with Crippen LogP contribution < -0.4 is 16.1 Å². The number of phenols is 2. The van der Waals surface area contributed by atoms with Crippen molar-refractivity contribution in [2.24, 2.45) is 0 Å². The standard InChI is InChI=1S/C18H23N5O5/c24-12-3-4-16(19-9-12)22-18(27)14-7-13(25)8-15(26)17(14)20-11-28-21-10-23-5-1-2-6-23/h3-4,7-9,20-21,24-26H,1-2,5-6,10-11H2,(H,19,22,27). The molecule has 0 unspecified atom stereocenters. The summed E-state index contributed by atoms with van der Waals surface area (Å²) in [6.45, 7) is 2.63. The second-order valence-electron chi connectivity index (χ2n) is 6.34. The Hall–Kier alpha value is -3.08. The zero-order valence-corrected chi connectivity index (χ0v) is 15.2. The first-order valence-corrected chi connectivity index (χ1v) is 8.86. The number of benzene rings is 1. The fourth-order valence-electron chi connectivity index (χ4n) is 2.86. The van der Waals surface area contributed by atoms with E-state index in [1.54, 1.807) is 0 Å². The average molecular weight is 389 g/mol. The molecule has 150 valence electrons. The molecular formula is C18H23N5O5. The van der Waals surface area contributed by atoms with Crippen molar-refractivity contribution in [2.75, 3.05) is 37.1 Å². The van der Waals surface area contributed by atoms with Gasteiger partial charge in [-0.15, -0.1) is 0 Å². The first-order valence-electron chi connectivity index (χ1n) is 8.86. The Morgan fingerprint density at radius 3 is 2.64 bits per heavy atom. The second kappa shape index (κ2) is 9.22. The van der Waals surface area contributed by atoms with E-state index in [2.05, 4.69) is 26.0 Å². The van der Waals surface area contributed by atoms with E-state index in [0.29, 0.717) is 6.67 Å². The highest BCUT2D eigenvalue weighted by Gasteiger charge is 2.18. The first kappa shape index (κ1) is 19.7. The highest BCUT2D eigenvalue weighted by molar-refractivity contribution is 6.08. The molecule has 0 atom stereocenters. The third-order valence-corrected chi connectivity index (χ3v) is 4.25. The van der Waals surface area contributed by atoms with Gasteiger partial charge in [0, 0.05) is 6.07 Å². The number of nitrogens with zero attached hydrogens (tertiary/aromatic N) is 2. The molecule has 10 nitrogen and oxygen atoms in total. The molecule has 1 fully saturated rings. The van der Waals surface area contributed by atoms with Crippen LogP contribution in [-0.2, 0) is 4.84 Å². The van der Waals surface area contributed by atoms with Crippen LogP contribution in [0.5, 0.6) is 17.2 Å². The molecular weight excluding hydrogens is 366 g/mol. The Bertz CT molecular complexity index is 809. The molecule has 10 heteroatoms. The predicted octanol–water partition coefficient (Wildman–Crippen LogP) is 1.39. The third kappa shape index (κ3) is 5.22. The molecule has 0 saturated carbocycles. The van der Waals surface area contributed by atoms with Crippen LogP contribution in [0.25, 0.3) is 0 Å². The summed E-state index contributed by atoms with van der Waals surface area (Å²) in [6, 6.07) is 5.14. The fourth-order valence-corrected chi connectivity index (χ4v) is 2.86. The number of aromatic hydroxyl groups is 3. The van der Waals surface area contributed by atoms with Crippen molar-refractivity contribution in [3.63, 3.8) is 0 Å². The molecule has 1 aromatic heterocycles. The molecule has 2 heterocycles. The van der Waals surface area contributed by atoms with Gasteiger partial charge in [0.05, 0.1) is 24.1 Å². The van der Waals surface area contributed by atoms with E-state index >= 15 is 0 Å². The van der Waals surface area contributed by atoms with Crippen LogP contribution in [0.15, 0.2) is 30.5 Å². The lowest BCUT2D eigenvalue weighted by atomic mass is 10.1. The first-order chi connectivity index (χ1) is 13.5. The number of anilines is 2. The monoisotopic (exact) mass is 389 g/mol. The van der Waals surface area contributed by atoms with E-state index in [1.165, 1.54) is 37.2 Å². The summed E-state index contributed by atoms with van der Waals surface area (Å²) in [6.07, 6.45) is 3.54. The maximum Gasteiger partial charge on any atom is 0.259 e. The zero-order valence-electron chi connectivity index (χ0n) is 15.2. The van der Waals surface area contributed by atoms with Gasteiger partial charge in [-0.1, -0.05) is 0 Å². The van der Waals surface area contributed by atoms with Gasteiger partial charge in [-0.25, -0.2) is 4.98 Å². The van der Waals surface area contributed by atoms with Crippen molar-refractivity contribution in [3.8, 4) is 17.2 Å². The highest BCUT2D eigenvalue weighted by atomic mass is 16.7. The SMILES string of the molecule is O=C(Nc1ccc(O)cn1)c1cc(O)cc(O)c1NCONCN1CCCC1. The van der Waals surface area contributed by atoms with Gasteiger partial charge in [0.1, 0.15) is 29.8 Å². The average Bonchev–Trinajstić information content (AvgIpc) is 3.18. The summed E-state index contributed by atoms with van der Waals surface area (Å²) in [5.74, 6) is -0.988. The molecule has 28 heavy (non-hydrogen) atoms. The number of hydrogen-bond acceptors (Lipinski definition) is 9. The minimum atomic E-state index is -0.600. The number of phenolic OH excluding ortho intramolecular Hbond substituents is 2. The van der Waals surface area contributed by atoms with Crippen molar-refractivity contribution >= 4 is 17.4 Å². The largest absolute Gasteiger partial charge is 0.508 e. The van der Waals surface area contributed by atoms with E-state index in [1.807, 2.05) is 0 Å². The van der Waals surface area contributed by atoms with Crippen LogP contribution in [0.2, 0.25) is 0 Å². The van der Waals surface area contributed by atoms with Crippen molar-refractivity contribution in [2.45, 2.75) is 12.8 Å². The summed E-state index contributed by atoms with van der Waals surface area (Å²) < 4.78 is 0. The van der Waals surface area contributed by atoms with Crippen LogP contribution in [-0.4, -0.2) is 57.6 Å². The lowest BCUT2D eigenvalue weighted by Gasteiger charge is -2.17. The molecule has 1 amide bonds. The second-order valence-corrected chi connectivity index (χ2v) is 6.34. The number of carbonyl (C=O) groups is 1. The number of rotatable bonds is 8. The van der Waals surface area contributed by atoms with E-state index in [-0.39, 0.29) is 41.0 Å². The van der Waals surface area contributed by atoms with Crippen molar-refractivity contribution in [3.05, 3.63) is 36.0 Å². The normalized spacial score (nSPS) is 14.1. The number of likely N-dealkylation sites (tertiary alicyclic amines) is 1. The Morgan fingerprint density at radius 1 is 1.14 bits per heavy atom. The predicted molar refractivity (Wildman–Crippen MR) is 102 cm³/mol. The lowest BCUT2D eigenvalue weighted by molar-refractivity contribution is 0.0245. The maximum atomic E-state index is 12.5. The summed E-state index contributed by atoms with van der Waals surface area (Å²) in [4.78, 5) is 23.9. The van der Waals surface area contributed by atoms with Crippen LogP contribution in [0.1, 0.15) is 23.2 Å². The number of pyridine rings is 1. The number of hydrogen-bond donors (Lipinski definition) is 6. The molecule has 1 saturated heterocycles. The Labute approximate surface area is 161 Å². The van der Waals surface area contributed by atoms with Gasteiger partial charge >= 0.3 is 0 Å². The quantitative estimate of drug-likeness (QED) is 0.130. The summed E-state index contributed by atoms with van der Waals surface area (Å²) in [5, 5.41) is 34.5. The molecule has 0 spiro atoms. The van der Waals surface area contributed by atoms with Crippen molar-refractivity contribution in [1.29, 1.82) is 0 Å². The zero-order chi connectivity index (χ0) is 19.9. The van der Waals surface area contributed by atoms with Crippen molar-refractivity contribution in [1.82, 2.24) is 15.4 Å². The van der Waals surface area contributed by atoms with E-state index in [4.69, 9.17) is 4.84 Å². The molecule has 0 radical (unpaired) electrons. The lowest BCUT2D eigenvalue weighted by Crippen LogP contribution is -2.33. The fraction of sp³-hybridized carbons (Fsp3) is 0.333. The molecule has 3 rings (SSSR count). The van der Waals surface area contributed by atoms with Crippen molar-refractivity contribution < 1.29 is 25.0 Å². The topological polar surface area (TPSA) is 139 Å². The number of carbonyl (C=O) groups excluding carboxylic acids is 1. The van der Waals surface area contributed by atoms with Gasteiger partial charge in [0.15, 0.2) is 0 Å². The number of amides is 1. The molecule has 0 aliphatic carbocycles. The van der Waals surface area contributed by atoms with Gasteiger partial charge in [0.2, 0.25) is 0 Å². The van der Waals surface area contributed by atoms with Gasteiger partial charge in [-0.05, 0) is 44.1 Å². The Kier molecular flexibility index (Phi) is 6.48. The van der Waals surface area contributed by atoms with Crippen LogP contribution in [0.3, 0.4) is 0 Å². The van der Waals surface area contributed by atoms with Gasteiger partial charge in [-0.2, -0.15) is 5.48 Å². The molecule has 2 aromatic rings.